The number of nitrogens with one attached hydrogen (secondary N) is 1. The van der Waals surface area contributed by atoms with Gasteiger partial charge in [-0.1, -0.05) is 19.1 Å². The van der Waals surface area contributed by atoms with Gasteiger partial charge in [0.15, 0.2) is 11.5 Å². The van der Waals surface area contributed by atoms with Gasteiger partial charge in [-0.05, 0) is 42.3 Å². The van der Waals surface area contributed by atoms with E-state index in [1.165, 1.54) is 4.31 Å². The molecule has 0 aromatic heterocycles. The monoisotopic (exact) mass is 390 g/mol. The van der Waals surface area contributed by atoms with Crippen molar-refractivity contribution in [3.05, 3.63) is 53.6 Å². The molecular weight excluding hydrogens is 368 g/mol. The number of carbonyl (C=O) groups excluding carboxylic acids is 1. The zero-order valence-electron chi connectivity index (χ0n) is 15.3. The summed E-state index contributed by atoms with van der Waals surface area (Å²) < 4.78 is 36.1. The Balaban J connectivity index is 1.64. The first kappa shape index (κ1) is 19.0. The van der Waals surface area contributed by atoms with Gasteiger partial charge >= 0.3 is 0 Å². The van der Waals surface area contributed by atoms with Crippen LogP contribution in [0, 0.1) is 0 Å². The SMILES string of the molecule is CCc1ccc(N(CCNC(=O)c2ccc3c(c2)OCO3)S(C)(=O)=O)cc1. The minimum atomic E-state index is -3.46. The summed E-state index contributed by atoms with van der Waals surface area (Å²) in [6, 6.07) is 12.3. The van der Waals surface area contributed by atoms with E-state index in [0.29, 0.717) is 22.7 Å². The molecule has 0 saturated carbocycles. The number of fused-ring (bicyclic) bond motifs is 1. The van der Waals surface area contributed by atoms with E-state index in [1.54, 1.807) is 30.3 Å². The molecule has 3 rings (SSSR count). The maximum Gasteiger partial charge on any atom is 0.251 e. The fourth-order valence-corrected chi connectivity index (χ4v) is 3.72. The van der Waals surface area contributed by atoms with Crippen LogP contribution in [-0.2, 0) is 16.4 Å². The van der Waals surface area contributed by atoms with Crippen molar-refractivity contribution in [1.82, 2.24) is 5.32 Å². The molecule has 0 saturated heterocycles. The van der Waals surface area contributed by atoms with E-state index in [-0.39, 0.29) is 25.8 Å². The maximum absolute atomic E-state index is 12.3. The second-order valence-corrected chi connectivity index (χ2v) is 8.09. The first-order valence-corrected chi connectivity index (χ1v) is 10.5. The van der Waals surface area contributed by atoms with Crippen LogP contribution in [0.2, 0.25) is 0 Å². The van der Waals surface area contributed by atoms with Gasteiger partial charge < -0.3 is 14.8 Å². The number of ether oxygens (including phenoxy) is 2. The predicted octanol–water partition coefficient (Wildman–Crippen LogP) is 2.17. The second kappa shape index (κ2) is 7.87. The van der Waals surface area contributed by atoms with E-state index in [2.05, 4.69) is 5.32 Å². The van der Waals surface area contributed by atoms with E-state index < -0.39 is 10.0 Å². The van der Waals surface area contributed by atoms with Crippen LogP contribution < -0.4 is 19.1 Å². The van der Waals surface area contributed by atoms with Crippen LogP contribution in [0.15, 0.2) is 42.5 Å². The van der Waals surface area contributed by atoms with Gasteiger partial charge in [-0.2, -0.15) is 0 Å². The first-order valence-electron chi connectivity index (χ1n) is 8.63. The van der Waals surface area contributed by atoms with Crippen molar-refractivity contribution in [3.63, 3.8) is 0 Å². The van der Waals surface area contributed by atoms with Crippen molar-refractivity contribution >= 4 is 21.6 Å². The number of benzene rings is 2. The van der Waals surface area contributed by atoms with Crippen LogP contribution in [0.25, 0.3) is 0 Å². The summed E-state index contributed by atoms with van der Waals surface area (Å²) in [4.78, 5) is 12.3. The summed E-state index contributed by atoms with van der Waals surface area (Å²) in [6.45, 7) is 2.49. The van der Waals surface area contributed by atoms with E-state index in [9.17, 15) is 13.2 Å². The van der Waals surface area contributed by atoms with Gasteiger partial charge in [0.1, 0.15) is 0 Å². The summed E-state index contributed by atoms with van der Waals surface area (Å²) in [6.07, 6.45) is 2.03. The summed E-state index contributed by atoms with van der Waals surface area (Å²) in [7, 11) is -3.46. The third kappa shape index (κ3) is 4.51. The van der Waals surface area contributed by atoms with E-state index in [1.807, 2.05) is 19.1 Å². The Morgan fingerprint density at radius 2 is 1.81 bits per heavy atom. The average molecular weight is 390 g/mol. The van der Waals surface area contributed by atoms with E-state index in [4.69, 9.17) is 9.47 Å². The van der Waals surface area contributed by atoms with Crippen LogP contribution in [0.3, 0.4) is 0 Å². The van der Waals surface area contributed by atoms with Crippen molar-refractivity contribution in [1.29, 1.82) is 0 Å². The Labute approximate surface area is 158 Å². The zero-order valence-corrected chi connectivity index (χ0v) is 16.1. The average Bonchev–Trinajstić information content (AvgIpc) is 3.12. The topological polar surface area (TPSA) is 84.9 Å². The van der Waals surface area contributed by atoms with Gasteiger partial charge in [0.05, 0.1) is 18.5 Å². The van der Waals surface area contributed by atoms with Crippen LogP contribution in [0.5, 0.6) is 11.5 Å². The van der Waals surface area contributed by atoms with Crippen molar-refractivity contribution < 1.29 is 22.7 Å². The molecule has 2 aromatic carbocycles. The van der Waals surface area contributed by atoms with Gasteiger partial charge in [-0.15, -0.1) is 0 Å². The van der Waals surface area contributed by atoms with Crippen LogP contribution in [-0.4, -0.2) is 40.5 Å². The Bertz CT molecular complexity index is 926. The highest BCUT2D eigenvalue weighted by Crippen LogP contribution is 2.32. The Morgan fingerprint density at radius 3 is 2.48 bits per heavy atom. The Hall–Kier alpha value is -2.74. The summed E-state index contributed by atoms with van der Waals surface area (Å²) in [5.41, 5.74) is 2.13. The molecule has 0 spiro atoms. The lowest BCUT2D eigenvalue weighted by molar-refractivity contribution is 0.0954. The van der Waals surface area contributed by atoms with Crippen LogP contribution in [0.4, 0.5) is 5.69 Å². The van der Waals surface area contributed by atoms with Gasteiger partial charge in [0.2, 0.25) is 16.8 Å². The fraction of sp³-hybridized carbons (Fsp3) is 0.316. The molecule has 1 aliphatic rings. The highest BCUT2D eigenvalue weighted by atomic mass is 32.2. The molecule has 1 N–H and O–H groups in total. The Kier molecular flexibility index (Phi) is 5.55. The molecule has 0 aliphatic carbocycles. The third-order valence-electron chi connectivity index (χ3n) is 4.27. The molecule has 8 heteroatoms. The number of anilines is 1. The largest absolute Gasteiger partial charge is 0.454 e. The van der Waals surface area contributed by atoms with Crippen molar-refractivity contribution in [2.75, 3.05) is 30.4 Å². The van der Waals surface area contributed by atoms with Crippen molar-refractivity contribution in [3.8, 4) is 11.5 Å². The predicted molar refractivity (Wildman–Crippen MR) is 103 cm³/mol. The number of nitrogens with zero attached hydrogens (tertiary/aromatic N) is 1. The van der Waals surface area contributed by atoms with Gasteiger partial charge in [-0.25, -0.2) is 8.42 Å². The quantitative estimate of drug-likeness (QED) is 0.783. The van der Waals surface area contributed by atoms with Crippen molar-refractivity contribution in [2.24, 2.45) is 0 Å². The van der Waals surface area contributed by atoms with Crippen LogP contribution >= 0.6 is 0 Å². The minimum Gasteiger partial charge on any atom is -0.454 e. The molecule has 0 fully saturated rings. The maximum atomic E-state index is 12.3. The number of hydrogen-bond donors (Lipinski definition) is 1. The summed E-state index contributed by atoms with van der Waals surface area (Å²) in [5, 5.41) is 2.74. The van der Waals surface area contributed by atoms with Gasteiger partial charge in [0, 0.05) is 12.1 Å². The number of sulfonamides is 1. The van der Waals surface area contributed by atoms with Gasteiger partial charge in [0.25, 0.3) is 5.91 Å². The van der Waals surface area contributed by atoms with Gasteiger partial charge in [-0.3, -0.25) is 9.10 Å². The smallest absolute Gasteiger partial charge is 0.251 e. The molecule has 2 aromatic rings. The number of aryl methyl sites for hydroxylation is 1. The third-order valence-corrected chi connectivity index (χ3v) is 5.46. The molecule has 7 nitrogen and oxygen atoms in total. The zero-order chi connectivity index (χ0) is 19.4. The highest BCUT2D eigenvalue weighted by molar-refractivity contribution is 7.92. The molecule has 1 heterocycles. The molecular formula is C19H22N2O5S. The molecule has 1 amide bonds. The van der Waals surface area contributed by atoms with E-state index in [0.717, 1.165) is 18.2 Å². The minimum absolute atomic E-state index is 0.139. The second-order valence-electron chi connectivity index (χ2n) is 6.18. The molecule has 0 radical (unpaired) electrons. The summed E-state index contributed by atoms with van der Waals surface area (Å²) >= 11 is 0. The molecule has 0 bridgehead atoms. The molecule has 144 valence electrons. The number of carbonyl (C=O) groups is 1. The number of rotatable bonds is 7. The van der Waals surface area contributed by atoms with Crippen molar-refractivity contribution in [2.45, 2.75) is 13.3 Å². The number of hydrogen-bond acceptors (Lipinski definition) is 5. The lowest BCUT2D eigenvalue weighted by Crippen LogP contribution is -2.38. The lowest BCUT2D eigenvalue weighted by atomic mass is 10.1. The van der Waals surface area contributed by atoms with Crippen LogP contribution in [0.1, 0.15) is 22.8 Å². The lowest BCUT2D eigenvalue weighted by Gasteiger charge is -2.22. The molecule has 0 unspecified atom stereocenters. The van der Waals surface area contributed by atoms with E-state index >= 15 is 0 Å². The normalized spacial score (nSPS) is 12.7. The number of amides is 1. The Morgan fingerprint density at radius 1 is 1.11 bits per heavy atom. The first-order chi connectivity index (χ1) is 12.9. The standard InChI is InChI=1S/C19H22N2O5S/c1-3-14-4-7-16(8-5-14)21(27(2,23)24)11-10-20-19(22)15-6-9-17-18(12-15)26-13-25-17/h4-9,12H,3,10-11,13H2,1-2H3,(H,20,22). The fourth-order valence-electron chi connectivity index (χ4n) is 2.80. The summed E-state index contributed by atoms with van der Waals surface area (Å²) in [5.74, 6) is 0.824. The molecule has 1 aliphatic heterocycles. The molecule has 0 atom stereocenters. The molecule has 27 heavy (non-hydrogen) atoms. The highest BCUT2D eigenvalue weighted by Gasteiger charge is 2.19.